The molecule has 2 aliphatic carbocycles. The first-order chi connectivity index (χ1) is 19.9. The van der Waals surface area contributed by atoms with Crippen molar-refractivity contribution in [1.82, 2.24) is 0 Å². The summed E-state index contributed by atoms with van der Waals surface area (Å²) in [6.07, 6.45) is 21.2. The first kappa shape index (κ1) is 31.3. The molecule has 4 nitrogen and oxygen atoms in total. The van der Waals surface area contributed by atoms with Gasteiger partial charge in [-0.2, -0.15) is 0 Å². The summed E-state index contributed by atoms with van der Waals surface area (Å²) in [7, 11) is 0. The number of nitrogens with zero attached hydrogens (tertiary/aromatic N) is 2. The molecule has 0 saturated heterocycles. The van der Waals surface area contributed by atoms with E-state index in [0.29, 0.717) is 17.4 Å². The van der Waals surface area contributed by atoms with Crippen LogP contribution in [0.15, 0.2) is 34.3 Å². The van der Waals surface area contributed by atoms with Crippen LogP contribution in [0.5, 0.6) is 11.5 Å². The van der Waals surface area contributed by atoms with Crippen LogP contribution in [0.1, 0.15) is 138 Å². The fourth-order valence-electron chi connectivity index (χ4n) is 6.91. The number of aliphatic imine (C=N–C) groups is 2. The van der Waals surface area contributed by atoms with Crippen LogP contribution in [0.2, 0.25) is 0 Å². The molecule has 0 heterocycles. The lowest BCUT2D eigenvalue weighted by Gasteiger charge is -2.28. The molecule has 3 unspecified atom stereocenters. The fourth-order valence-corrected chi connectivity index (χ4v) is 6.91. The molecule has 0 aliphatic heterocycles. The van der Waals surface area contributed by atoms with Gasteiger partial charge in [0.25, 0.3) is 0 Å². The van der Waals surface area contributed by atoms with E-state index in [1.807, 2.05) is 12.4 Å². The van der Waals surface area contributed by atoms with Gasteiger partial charge in [0, 0.05) is 23.6 Å². The third kappa shape index (κ3) is 7.81. The van der Waals surface area contributed by atoms with E-state index in [-0.39, 0.29) is 11.6 Å². The molecule has 2 aromatic carbocycles. The Hall–Kier alpha value is -2.62. The summed E-state index contributed by atoms with van der Waals surface area (Å²) in [6, 6.07) is 8.82. The number of rotatable bonds is 16. The van der Waals surface area contributed by atoms with Crippen molar-refractivity contribution in [1.29, 1.82) is 0 Å². The van der Waals surface area contributed by atoms with Gasteiger partial charge >= 0.3 is 0 Å². The Bertz CT molecular complexity index is 1200. The third-order valence-electron chi connectivity index (χ3n) is 9.45. The second-order valence-corrected chi connectivity index (χ2v) is 12.8. The van der Waals surface area contributed by atoms with Crippen molar-refractivity contribution in [2.24, 2.45) is 15.9 Å². The summed E-state index contributed by atoms with van der Waals surface area (Å²) in [5, 5.41) is 22.3. The lowest BCUT2D eigenvalue weighted by atomic mass is 9.89. The molecule has 0 aromatic heterocycles. The van der Waals surface area contributed by atoms with Gasteiger partial charge in [0.1, 0.15) is 11.5 Å². The minimum absolute atomic E-state index is 0.111. The van der Waals surface area contributed by atoms with E-state index < -0.39 is 0 Å². The normalized spacial score (nSPS) is 22.0. The Kier molecular flexibility index (Phi) is 11.5. The number of phenolic OH excluding ortho intramolecular Hbond substituents is 2. The van der Waals surface area contributed by atoms with E-state index in [1.165, 1.54) is 17.5 Å². The first-order valence-corrected chi connectivity index (χ1v) is 16.7. The Morgan fingerprint density at radius 2 is 1.24 bits per heavy atom. The number of aromatic hydroxyl groups is 2. The SMILES string of the molecule is CCCCc1cc(C=NC2CC3CCC2(N=Cc2cc(CCCC)cc(CCCC)c2O)C3)c(O)c(CCCC)c1. The van der Waals surface area contributed by atoms with Crippen LogP contribution in [0.4, 0.5) is 0 Å². The molecule has 0 spiro atoms. The molecule has 2 aromatic rings. The molecule has 0 radical (unpaired) electrons. The van der Waals surface area contributed by atoms with Crippen molar-refractivity contribution in [3.8, 4) is 11.5 Å². The number of hydrogen-bond donors (Lipinski definition) is 2. The topological polar surface area (TPSA) is 65.2 Å². The molecule has 3 atom stereocenters. The van der Waals surface area contributed by atoms with Crippen LogP contribution in [0.25, 0.3) is 0 Å². The van der Waals surface area contributed by atoms with E-state index in [0.717, 1.165) is 119 Å². The van der Waals surface area contributed by atoms with Gasteiger partial charge in [0.2, 0.25) is 0 Å². The number of benzene rings is 2. The van der Waals surface area contributed by atoms with Gasteiger partial charge in [-0.1, -0.05) is 65.5 Å². The van der Waals surface area contributed by atoms with Crippen molar-refractivity contribution in [3.05, 3.63) is 57.6 Å². The second-order valence-electron chi connectivity index (χ2n) is 12.8. The van der Waals surface area contributed by atoms with Crippen LogP contribution >= 0.6 is 0 Å². The smallest absolute Gasteiger partial charge is 0.127 e. The number of fused-ring (bicyclic) bond motifs is 2. The van der Waals surface area contributed by atoms with E-state index in [2.05, 4.69) is 52.0 Å². The summed E-state index contributed by atoms with van der Waals surface area (Å²) < 4.78 is 0. The summed E-state index contributed by atoms with van der Waals surface area (Å²) in [5.41, 5.74) is 6.22. The van der Waals surface area contributed by atoms with Crippen LogP contribution < -0.4 is 0 Å². The van der Waals surface area contributed by atoms with Crippen LogP contribution in [0, 0.1) is 5.92 Å². The monoisotopic (exact) mass is 558 g/mol. The van der Waals surface area contributed by atoms with Gasteiger partial charge < -0.3 is 10.2 Å². The minimum Gasteiger partial charge on any atom is -0.507 e. The highest BCUT2D eigenvalue weighted by Crippen LogP contribution is 2.51. The van der Waals surface area contributed by atoms with Gasteiger partial charge in [-0.25, -0.2) is 0 Å². The minimum atomic E-state index is -0.211. The molecule has 4 heteroatoms. The Balaban J connectivity index is 1.61. The summed E-state index contributed by atoms with van der Waals surface area (Å²) >= 11 is 0. The predicted molar refractivity (Wildman–Crippen MR) is 174 cm³/mol. The van der Waals surface area contributed by atoms with Crippen LogP contribution in [0.3, 0.4) is 0 Å². The van der Waals surface area contributed by atoms with Gasteiger partial charge in [-0.15, -0.1) is 0 Å². The van der Waals surface area contributed by atoms with Crippen molar-refractivity contribution < 1.29 is 10.2 Å². The lowest BCUT2D eigenvalue weighted by Crippen LogP contribution is -2.34. The maximum absolute atomic E-state index is 11.2. The number of phenols is 2. The van der Waals surface area contributed by atoms with E-state index in [1.54, 1.807) is 0 Å². The highest BCUT2D eigenvalue weighted by atomic mass is 16.3. The molecule has 2 bridgehead atoms. The summed E-state index contributed by atoms with van der Waals surface area (Å²) in [6.45, 7) is 8.85. The van der Waals surface area contributed by atoms with Crippen molar-refractivity contribution in [2.75, 3.05) is 0 Å². The second kappa shape index (κ2) is 15.0. The largest absolute Gasteiger partial charge is 0.507 e. The maximum atomic E-state index is 11.2. The van der Waals surface area contributed by atoms with Gasteiger partial charge in [0.15, 0.2) is 0 Å². The number of aryl methyl sites for hydroxylation is 4. The number of unbranched alkanes of at least 4 members (excludes halogenated alkanes) is 4. The van der Waals surface area contributed by atoms with E-state index in [9.17, 15) is 10.2 Å². The molecule has 2 aliphatic rings. The van der Waals surface area contributed by atoms with Crippen molar-refractivity contribution >= 4 is 12.4 Å². The average molecular weight is 559 g/mol. The molecule has 2 fully saturated rings. The summed E-state index contributed by atoms with van der Waals surface area (Å²) in [5.74, 6) is 1.46. The van der Waals surface area contributed by atoms with Gasteiger partial charge in [0.05, 0.1) is 11.6 Å². The molecule has 2 saturated carbocycles. The van der Waals surface area contributed by atoms with E-state index >= 15 is 0 Å². The molecular formula is C37H54N2O2. The fraction of sp³-hybridized carbons (Fsp3) is 0.622. The zero-order chi connectivity index (χ0) is 29.2. The third-order valence-corrected chi connectivity index (χ3v) is 9.45. The van der Waals surface area contributed by atoms with E-state index in [4.69, 9.17) is 9.98 Å². The standard InChI is InChI=1S/C37H54N2O2/c1-5-9-13-27-19-30(15-11-7-3)35(40)32(21-27)25-38-34-23-29-17-18-37(34,24-29)39-26-33-22-28(14-10-6-2)20-31(36(33)41)16-12-8-4/h19-22,25-26,29,34,40-41H,5-18,23-24H2,1-4H3. The molecule has 4 rings (SSSR count). The zero-order valence-electron chi connectivity index (χ0n) is 26.2. The van der Waals surface area contributed by atoms with Crippen molar-refractivity contribution in [3.63, 3.8) is 0 Å². The van der Waals surface area contributed by atoms with Crippen LogP contribution in [-0.4, -0.2) is 34.2 Å². The first-order valence-electron chi connectivity index (χ1n) is 16.7. The quantitative estimate of drug-likeness (QED) is 0.202. The Morgan fingerprint density at radius 1 is 0.732 bits per heavy atom. The Labute approximate surface area is 249 Å². The molecule has 2 N–H and O–H groups in total. The Morgan fingerprint density at radius 3 is 1.76 bits per heavy atom. The molecule has 0 amide bonds. The molecule has 41 heavy (non-hydrogen) atoms. The highest BCUT2D eigenvalue weighted by molar-refractivity contribution is 5.86. The summed E-state index contributed by atoms with van der Waals surface area (Å²) in [4.78, 5) is 10.4. The zero-order valence-corrected chi connectivity index (χ0v) is 26.2. The average Bonchev–Trinajstić information content (AvgIpc) is 3.55. The van der Waals surface area contributed by atoms with Gasteiger partial charge in [-0.3, -0.25) is 9.98 Å². The highest BCUT2D eigenvalue weighted by Gasteiger charge is 2.52. The van der Waals surface area contributed by atoms with Crippen LogP contribution in [-0.2, 0) is 25.7 Å². The predicted octanol–water partition coefficient (Wildman–Crippen LogP) is 9.32. The maximum Gasteiger partial charge on any atom is 0.127 e. The number of hydrogen-bond acceptors (Lipinski definition) is 4. The lowest BCUT2D eigenvalue weighted by molar-refractivity contribution is 0.367. The molecular weight excluding hydrogens is 504 g/mol. The van der Waals surface area contributed by atoms with Crippen molar-refractivity contribution in [2.45, 2.75) is 142 Å². The molecule has 224 valence electrons. The van der Waals surface area contributed by atoms with Gasteiger partial charge in [-0.05, 0) is 117 Å².